The van der Waals surface area contributed by atoms with Gasteiger partial charge in [0.25, 0.3) is 0 Å². The van der Waals surface area contributed by atoms with Gasteiger partial charge < -0.3 is 15.2 Å². The highest BCUT2D eigenvalue weighted by Crippen LogP contribution is 2.09. The van der Waals surface area contributed by atoms with Crippen molar-refractivity contribution >= 4 is 29.7 Å². The Hall–Kier alpha value is -1.11. The summed E-state index contributed by atoms with van der Waals surface area (Å²) in [7, 11) is 0. The number of hydrogen-bond acceptors (Lipinski definition) is 4. The maximum absolute atomic E-state index is 11.8. The quantitative estimate of drug-likeness (QED) is 0.801. The Bertz CT molecular complexity index is 577. The molecule has 0 spiro atoms. The molecule has 1 aliphatic rings. The van der Waals surface area contributed by atoms with Crippen molar-refractivity contribution in [1.82, 2.24) is 15.2 Å². The topological polar surface area (TPSA) is 63.1 Å². The number of nitrogens with zero attached hydrogens (tertiary/aromatic N) is 1. The highest BCUT2D eigenvalue weighted by atomic mass is 35.5. The van der Waals surface area contributed by atoms with Crippen LogP contribution in [-0.4, -0.2) is 30.1 Å². The molecule has 0 unspecified atom stereocenters. The lowest BCUT2D eigenvalue weighted by Crippen LogP contribution is -2.30. The first-order valence-corrected chi connectivity index (χ1v) is 7.71. The zero-order valence-electron chi connectivity index (χ0n) is 12.4. The number of carbonyl (C=O) groups is 1. The van der Waals surface area contributed by atoms with Gasteiger partial charge in [0, 0.05) is 36.6 Å². The maximum Gasteiger partial charge on any atom is 0.307 e. The van der Waals surface area contributed by atoms with E-state index >= 15 is 0 Å². The molecule has 21 heavy (non-hydrogen) atoms. The third kappa shape index (κ3) is 4.98. The van der Waals surface area contributed by atoms with E-state index < -0.39 is 0 Å². The second-order valence-electron chi connectivity index (χ2n) is 5.00. The van der Waals surface area contributed by atoms with Crippen LogP contribution in [0.4, 0.5) is 0 Å². The van der Waals surface area contributed by atoms with E-state index in [1.54, 1.807) is 4.57 Å². The molecule has 0 radical (unpaired) electrons. The number of halogens is 1. The second-order valence-corrected chi connectivity index (χ2v) is 6.17. The summed E-state index contributed by atoms with van der Waals surface area (Å²) in [4.78, 5) is 24.6. The Morgan fingerprint density at radius 1 is 1.48 bits per heavy atom. The molecular weight excluding hydrogens is 310 g/mol. The zero-order chi connectivity index (χ0) is 14.5. The van der Waals surface area contributed by atoms with Crippen molar-refractivity contribution in [3.05, 3.63) is 31.9 Å². The summed E-state index contributed by atoms with van der Waals surface area (Å²) >= 11 is 1.24. The van der Waals surface area contributed by atoms with Crippen molar-refractivity contribution in [1.29, 1.82) is 0 Å². The van der Waals surface area contributed by atoms with E-state index in [0.29, 0.717) is 19.5 Å². The number of nitrogens with one attached hydrogen (secondary N) is 2. The molecule has 0 bridgehead atoms. The van der Waals surface area contributed by atoms with E-state index in [9.17, 15) is 9.59 Å². The molecule has 1 aromatic heterocycles. The molecule has 0 atom stereocenters. The Labute approximate surface area is 134 Å². The van der Waals surface area contributed by atoms with Crippen molar-refractivity contribution in [2.75, 3.05) is 19.6 Å². The Morgan fingerprint density at radius 3 is 2.81 bits per heavy atom. The zero-order valence-corrected chi connectivity index (χ0v) is 14.0. The highest BCUT2D eigenvalue weighted by molar-refractivity contribution is 7.09. The number of thiazole rings is 1. The van der Waals surface area contributed by atoms with Gasteiger partial charge >= 0.3 is 4.87 Å². The Morgan fingerprint density at radius 2 is 2.24 bits per heavy atom. The van der Waals surface area contributed by atoms with E-state index in [1.807, 2.05) is 13.8 Å². The highest BCUT2D eigenvalue weighted by Gasteiger charge is 2.10. The van der Waals surface area contributed by atoms with Crippen molar-refractivity contribution < 1.29 is 4.79 Å². The number of aryl methyl sites for hydroxylation is 1. The van der Waals surface area contributed by atoms with E-state index in [0.717, 1.165) is 30.1 Å². The fourth-order valence-corrected chi connectivity index (χ4v) is 3.05. The molecule has 2 rings (SSSR count). The summed E-state index contributed by atoms with van der Waals surface area (Å²) < 4.78 is 1.68. The minimum atomic E-state index is -0.000384. The van der Waals surface area contributed by atoms with Crippen molar-refractivity contribution in [3.8, 4) is 0 Å². The molecule has 0 fully saturated rings. The van der Waals surface area contributed by atoms with Gasteiger partial charge in [-0.3, -0.25) is 9.59 Å². The van der Waals surface area contributed by atoms with Crippen LogP contribution in [0.25, 0.3) is 0 Å². The van der Waals surface area contributed by atoms with Crippen LogP contribution in [-0.2, 0) is 11.3 Å². The fourth-order valence-electron chi connectivity index (χ4n) is 2.19. The minimum absolute atomic E-state index is 0. The minimum Gasteiger partial charge on any atom is -0.352 e. The number of rotatable bonds is 5. The van der Waals surface area contributed by atoms with E-state index in [4.69, 9.17) is 0 Å². The molecule has 0 aromatic carbocycles. The van der Waals surface area contributed by atoms with Gasteiger partial charge in [-0.25, -0.2) is 0 Å². The van der Waals surface area contributed by atoms with Crippen LogP contribution in [0.2, 0.25) is 0 Å². The summed E-state index contributed by atoms with van der Waals surface area (Å²) in [6.07, 6.45) is 3.46. The molecule has 2 heterocycles. The fraction of sp³-hybridized carbons (Fsp3) is 0.571. The molecule has 1 aliphatic heterocycles. The summed E-state index contributed by atoms with van der Waals surface area (Å²) in [6.45, 7) is 6.80. The first-order chi connectivity index (χ1) is 9.58. The third-order valence-electron chi connectivity index (χ3n) is 3.61. The third-order valence-corrected chi connectivity index (χ3v) is 4.60. The maximum atomic E-state index is 11.8. The largest absolute Gasteiger partial charge is 0.352 e. The van der Waals surface area contributed by atoms with E-state index in [2.05, 4.69) is 16.7 Å². The molecule has 1 amide bonds. The Balaban J connectivity index is 0.00000220. The van der Waals surface area contributed by atoms with Crippen LogP contribution in [0, 0.1) is 13.8 Å². The van der Waals surface area contributed by atoms with Gasteiger partial charge in [0.2, 0.25) is 5.91 Å². The van der Waals surface area contributed by atoms with Gasteiger partial charge in [-0.2, -0.15) is 0 Å². The van der Waals surface area contributed by atoms with Crippen molar-refractivity contribution in [2.24, 2.45) is 0 Å². The summed E-state index contributed by atoms with van der Waals surface area (Å²) in [5, 5.41) is 6.16. The average Bonchev–Trinajstić information content (AvgIpc) is 2.69. The van der Waals surface area contributed by atoms with Crippen LogP contribution in [0.5, 0.6) is 0 Å². The molecule has 0 aliphatic carbocycles. The summed E-state index contributed by atoms with van der Waals surface area (Å²) in [5.74, 6) is -0.000384. The molecule has 0 saturated heterocycles. The van der Waals surface area contributed by atoms with Gasteiger partial charge in [0.05, 0.1) is 0 Å². The first kappa shape index (κ1) is 17.9. The lowest BCUT2D eigenvalue weighted by Gasteiger charge is -2.14. The molecule has 0 saturated carbocycles. The number of aromatic nitrogens is 1. The van der Waals surface area contributed by atoms with Gasteiger partial charge in [-0.05, 0) is 26.8 Å². The monoisotopic (exact) mass is 331 g/mol. The Kier molecular flexibility index (Phi) is 7.14. The molecular formula is C14H22ClN3O2S. The molecule has 2 N–H and O–H groups in total. The smallest absolute Gasteiger partial charge is 0.307 e. The van der Waals surface area contributed by atoms with Crippen molar-refractivity contribution in [2.45, 2.75) is 33.2 Å². The SMILES string of the molecule is Cc1sc(=O)n(CCC(=O)NCC2=CCNCC2)c1C.Cl. The van der Waals surface area contributed by atoms with E-state index in [1.165, 1.54) is 16.9 Å². The lowest BCUT2D eigenvalue weighted by atomic mass is 10.1. The summed E-state index contributed by atoms with van der Waals surface area (Å²) in [5.41, 5.74) is 2.24. The number of carbonyl (C=O) groups excluding carboxylic acids is 1. The van der Waals surface area contributed by atoms with Crippen LogP contribution in [0.15, 0.2) is 16.4 Å². The lowest BCUT2D eigenvalue weighted by molar-refractivity contribution is -0.121. The molecule has 118 valence electrons. The molecule has 1 aromatic rings. The number of hydrogen-bond donors (Lipinski definition) is 2. The number of amides is 1. The van der Waals surface area contributed by atoms with Crippen LogP contribution >= 0.6 is 23.7 Å². The predicted molar refractivity (Wildman–Crippen MR) is 88.5 cm³/mol. The molecule has 5 nitrogen and oxygen atoms in total. The van der Waals surface area contributed by atoms with Crippen molar-refractivity contribution in [3.63, 3.8) is 0 Å². The molecule has 7 heteroatoms. The van der Waals surface area contributed by atoms with Gasteiger partial charge in [-0.15, -0.1) is 12.4 Å². The van der Waals surface area contributed by atoms with Gasteiger partial charge in [0.1, 0.15) is 0 Å². The first-order valence-electron chi connectivity index (χ1n) is 6.90. The van der Waals surface area contributed by atoms with Gasteiger partial charge in [0.15, 0.2) is 0 Å². The van der Waals surface area contributed by atoms with Crippen LogP contribution in [0.3, 0.4) is 0 Å². The summed E-state index contributed by atoms with van der Waals surface area (Å²) in [6, 6.07) is 0. The van der Waals surface area contributed by atoms with Crippen LogP contribution < -0.4 is 15.5 Å². The van der Waals surface area contributed by atoms with Crippen LogP contribution in [0.1, 0.15) is 23.4 Å². The predicted octanol–water partition coefficient (Wildman–Crippen LogP) is 1.37. The van der Waals surface area contributed by atoms with E-state index in [-0.39, 0.29) is 23.2 Å². The normalized spacial score (nSPS) is 14.3. The second kappa shape index (κ2) is 8.36. The van der Waals surface area contributed by atoms with Gasteiger partial charge in [-0.1, -0.05) is 23.0 Å². The standard InChI is InChI=1S/C14H21N3O2S.ClH/c1-10-11(2)20-14(19)17(10)8-5-13(18)16-9-12-3-6-15-7-4-12;/h3,15H,4-9H2,1-2H3,(H,16,18);1H. The average molecular weight is 332 g/mol.